The first-order valence-corrected chi connectivity index (χ1v) is 2.01. The van der Waals surface area contributed by atoms with Crippen LogP contribution in [0.4, 0.5) is 0 Å². The van der Waals surface area contributed by atoms with Gasteiger partial charge in [-0.3, -0.25) is 4.79 Å². The van der Waals surface area contributed by atoms with E-state index >= 15 is 0 Å². The number of hydrogen-bond acceptors (Lipinski definition) is 3. The van der Waals surface area contributed by atoms with E-state index in [-0.39, 0.29) is 0 Å². The Morgan fingerprint density at radius 1 is 1.62 bits per heavy atom. The van der Waals surface area contributed by atoms with Crippen molar-refractivity contribution in [2.45, 2.75) is 6.42 Å². The lowest BCUT2D eigenvalue weighted by molar-refractivity contribution is -0.145. The van der Waals surface area contributed by atoms with Crippen molar-refractivity contribution in [2.24, 2.45) is 0 Å². The van der Waals surface area contributed by atoms with Crippen molar-refractivity contribution in [1.29, 1.82) is 0 Å². The molecule has 0 aliphatic rings. The van der Waals surface area contributed by atoms with E-state index in [0.29, 0.717) is 0 Å². The summed E-state index contributed by atoms with van der Waals surface area (Å²) in [6.45, 7) is 0. The molecule has 0 aliphatic carbocycles. The van der Waals surface area contributed by atoms with Gasteiger partial charge in [0, 0.05) is 0 Å². The summed E-state index contributed by atoms with van der Waals surface area (Å²) in [6, 6.07) is 0. The van der Waals surface area contributed by atoms with Crippen LogP contribution in [0.15, 0.2) is 0 Å². The van der Waals surface area contributed by atoms with E-state index in [1.54, 1.807) is 0 Å². The van der Waals surface area contributed by atoms with Crippen LogP contribution in [0.1, 0.15) is 6.42 Å². The van der Waals surface area contributed by atoms with Crippen molar-refractivity contribution in [1.82, 2.24) is 0 Å². The lowest BCUT2D eigenvalue weighted by Gasteiger charge is -1.86. The van der Waals surface area contributed by atoms with Gasteiger partial charge in [0.05, 0.1) is 0 Å². The van der Waals surface area contributed by atoms with Crippen LogP contribution in [0.25, 0.3) is 0 Å². The standard InChI is InChI=1S/C3H3ClO4/c4-8-3(7)1-2(5)6/h1H2,(H,5,6). The molecule has 1 N–H and O–H groups in total. The average Bonchev–Trinajstić information content (AvgIpc) is 1.65. The Balaban J connectivity index is 3.40. The topological polar surface area (TPSA) is 63.6 Å². The third kappa shape index (κ3) is 3.42. The van der Waals surface area contributed by atoms with E-state index in [1.165, 1.54) is 0 Å². The minimum Gasteiger partial charge on any atom is -0.481 e. The Morgan fingerprint density at radius 2 is 2.12 bits per heavy atom. The summed E-state index contributed by atoms with van der Waals surface area (Å²) in [5.74, 6) is -2.21. The van der Waals surface area contributed by atoms with E-state index in [1.807, 2.05) is 0 Å². The molecule has 0 rings (SSSR count). The number of carboxylic acids is 1. The minimum absolute atomic E-state index is 0.691. The fourth-order valence-corrected chi connectivity index (χ4v) is 0.205. The van der Waals surface area contributed by atoms with E-state index in [0.717, 1.165) is 0 Å². The number of carboxylic acid groups (broad SMARTS) is 1. The molecule has 8 heavy (non-hydrogen) atoms. The first kappa shape index (κ1) is 7.23. The van der Waals surface area contributed by atoms with Crippen molar-refractivity contribution in [2.75, 3.05) is 0 Å². The normalized spacial score (nSPS) is 8.12. The van der Waals surface area contributed by atoms with Crippen molar-refractivity contribution in [3.8, 4) is 0 Å². The molecule has 0 amide bonds. The second-order valence-corrected chi connectivity index (χ2v) is 1.17. The Bertz CT molecular complexity index is 110. The molecule has 0 unspecified atom stereocenters. The molecule has 0 aromatic heterocycles. The summed E-state index contributed by atoms with van der Waals surface area (Å²) >= 11 is 4.48. The highest BCUT2D eigenvalue weighted by Crippen LogP contribution is 1.87. The Hall–Kier alpha value is -0.770. The van der Waals surface area contributed by atoms with Gasteiger partial charge < -0.3 is 9.40 Å². The molecule has 0 heterocycles. The highest BCUT2D eigenvalue weighted by atomic mass is 35.5. The third-order valence-corrected chi connectivity index (χ3v) is 0.554. The smallest absolute Gasteiger partial charge is 0.335 e. The summed E-state index contributed by atoms with van der Waals surface area (Å²) in [7, 11) is 0. The number of halogens is 1. The molecule has 46 valence electrons. The van der Waals surface area contributed by atoms with Crippen LogP contribution >= 0.6 is 11.9 Å². The van der Waals surface area contributed by atoms with Gasteiger partial charge in [0.1, 0.15) is 18.3 Å². The first-order valence-electron chi connectivity index (χ1n) is 1.70. The molecule has 0 atom stereocenters. The Kier molecular flexibility index (Phi) is 2.95. The van der Waals surface area contributed by atoms with Crippen LogP contribution in [-0.4, -0.2) is 17.0 Å². The third-order valence-electron chi connectivity index (χ3n) is 0.382. The van der Waals surface area contributed by atoms with Crippen LogP contribution in [0.3, 0.4) is 0 Å². The molecule has 0 spiro atoms. The van der Waals surface area contributed by atoms with Crippen LogP contribution in [0, 0.1) is 0 Å². The quantitative estimate of drug-likeness (QED) is 0.552. The zero-order chi connectivity index (χ0) is 6.57. The highest BCUT2D eigenvalue weighted by Gasteiger charge is 2.06. The summed E-state index contributed by atoms with van der Waals surface area (Å²) in [5, 5.41) is 7.86. The second kappa shape index (κ2) is 3.26. The average molecular weight is 139 g/mol. The van der Waals surface area contributed by atoms with Crippen molar-refractivity contribution >= 4 is 23.8 Å². The SMILES string of the molecule is O=C(O)CC(=O)OCl. The molecule has 0 aromatic rings. The molecule has 4 nitrogen and oxygen atoms in total. The Morgan fingerprint density at radius 3 is 2.25 bits per heavy atom. The van der Waals surface area contributed by atoms with Crippen molar-refractivity contribution < 1.29 is 19.0 Å². The number of rotatable bonds is 2. The van der Waals surface area contributed by atoms with Gasteiger partial charge in [-0.05, 0) is 0 Å². The van der Waals surface area contributed by atoms with Gasteiger partial charge in [0.25, 0.3) is 0 Å². The molecule has 5 heteroatoms. The van der Waals surface area contributed by atoms with Gasteiger partial charge in [-0.1, -0.05) is 0 Å². The highest BCUT2D eigenvalue weighted by molar-refractivity contribution is 6.14. The lowest BCUT2D eigenvalue weighted by Crippen LogP contribution is -2.05. The van der Waals surface area contributed by atoms with E-state index in [9.17, 15) is 9.59 Å². The fraction of sp³-hybridized carbons (Fsp3) is 0.333. The van der Waals surface area contributed by atoms with Gasteiger partial charge in [-0.25, -0.2) is 4.79 Å². The van der Waals surface area contributed by atoms with Crippen LogP contribution in [-0.2, 0) is 13.9 Å². The maximum Gasteiger partial charge on any atom is 0.335 e. The monoisotopic (exact) mass is 138 g/mol. The number of carbonyl (C=O) groups is 2. The summed E-state index contributed by atoms with van der Waals surface area (Å²) in [4.78, 5) is 19.5. The molecular weight excluding hydrogens is 135 g/mol. The van der Waals surface area contributed by atoms with Crippen molar-refractivity contribution in [3.05, 3.63) is 0 Å². The van der Waals surface area contributed by atoms with Crippen LogP contribution in [0.2, 0.25) is 0 Å². The maximum atomic E-state index is 9.89. The number of carbonyl (C=O) groups excluding carboxylic acids is 1. The lowest BCUT2D eigenvalue weighted by atomic mass is 10.5. The van der Waals surface area contributed by atoms with Crippen molar-refractivity contribution in [3.63, 3.8) is 0 Å². The first-order chi connectivity index (χ1) is 3.66. The van der Waals surface area contributed by atoms with E-state index in [2.05, 4.69) is 16.2 Å². The number of aliphatic carboxylic acids is 1. The molecule has 0 bridgehead atoms. The van der Waals surface area contributed by atoms with Gasteiger partial charge in [-0.2, -0.15) is 0 Å². The molecule has 0 fully saturated rings. The molecule has 0 saturated heterocycles. The largest absolute Gasteiger partial charge is 0.481 e. The molecule has 0 aromatic carbocycles. The minimum atomic E-state index is -1.25. The zero-order valence-electron chi connectivity index (χ0n) is 3.76. The van der Waals surface area contributed by atoms with Crippen LogP contribution < -0.4 is 0 Å². The molecule has 0 radical (unpaired) electrons. The summed E-state index contributed by atoms with van der Waals surface area (Å²) in [5.41, 5.74) is 0. The Labute approximate surface area is 50.2 Å². The van der Waals surface area contributed by atoms with Gasteiger partial charge >= 0.3 is 11.9 Å². The number of hydrogen-bond donors (Lipinski definition) is 1. The second-order valence-electron chi connectivity index (χ2n) is 1.02. The maximum absolute atomic E-state index is 9.89. The van der Waals surface area contributed by atoms with Gasteiger partial charge in [0.15, 0.2) is 0 Å². The molecule has 0 saturated carbocycles. The molecule has 0 aliphatic heterocycles. The summed E-state index contributed by atoms with van der Waals surface area (Å²) < 4.78 is 3.51. The predicted molar refractivity (Wildman–Crippen MR) is 24.2 cm³/mol. The van der Waals surface area contributed by atoms with Crippen LogP contribution in [0.5, 0.6) is 0 Å². The molecular formula is C3H3ClO4. The van der Waals surface area contributed by atoms with Gasteiger partial charge in [0.2, 0.25) is 0 Å². The zero-order valence-corrected chi connectivity index (χ0v) is 4.51. The predicted octanol–water partition coefficient (Wildman–Crippen LogP) is 0.158. The fourth-order valence-electron chi connectivity index (χ4n) is 0.151. The van der Waals surface area contributed by atoms with E-state index < -0.39 is 18.4 Å². The van der Waals surface area contributed by atoms with Gasteiger partial charge in [-0.15, -0.1) is 0 Å². The van der Waals surface area contributed by atoms with E-state index in [4.69, 9.17) is 5.11 Å². The summed E-state index contributed by atoms with van der Waals surface area (Å²) in [6.07, 6.45) is -0.691.